The highest BCUT2D eigenvalue weighted by Crippen LogP contribution is 2.16. The van der Waals surface area contributed by atoms with E-state index in [0.717, 1.165) is 6.20 Å². The summed E-state index contributed by atoms with van der Waals surface area (Å²) in [5, 5.41) is 2.77. The normalized spacial score (nSPS) is 16.7. The fourth-order valence-corrected chi connectivity index (χ4v) is 2.87. The van der Waals surface area contributed by atoms with Crippen LogP contribution < -0.4 is 5.32 Å². The summed E-state index contributed by atoms with van der Waals surface area (Å²) in [6, 6.07) is 1.17. The van der Waals surface area contributed by atoms with E-state index >= 15 is 0 Å². The highest BCUT2D eigenvalue weighted by atomic mass is 32.2. The van der Waals surface area contributed by atoms with Crippen molar-refractivity contribution in [2.45, 2.75) is 0 Å². The quantitative estimate of drug-likeness (QED) is 0.849. The molecule has 1 amide bonds. The van der Waals surface area contributed by atoms with E-state index in [4.69, 9.17) is 0 Å². The molecule has 0 aromatic carbocycles. The Hall–Kier alpha value is -1.50. The number of rotatable bonds is 2. The molecule has 1 aromatic rings. The summed E-state index contributed by atoms with van der Waals surface area (Å²) < 4.78 is 24.4. The first-order valence-electron chi connectivity index (χ1n) is 5.59. The summed E-state index contributed by atoms with van der Waals surface area (Å²) in [5.41, 5.74) is 0.213. The average molecular weight is 271 g/mol. The van der Waals surface area contributed by atoms with Crippen LogP contribution >= 0.6 is 0 Å². The number of nitrogens with one attached hydrogen (secondary N) is 1. The Kier molecular flexibility index (Phi) is 3.90. The van der Waals surface area contributed by atoms with Crippen molar-refractivity contribution in [3.63, 3.8) is 0 Å². The van der Waals surface area contributed by atoms with Crippen molar-refractivity contribution in [1.82, 2.24) is 9.88 Å². The van der Waals surface area contributed by atoms with Gasteiger partial charge in [-0.2, -0.15) is 0 Å². The summed E-state index contributed by atoms with van der Waals surface area (Å²) in [5.74, 6) is 0.487. The predicted octanol–water partition coefficient (Wildman–Crippen LogP) is 0.467. The molecule has 1 aliphatic rings. The van der Waals surface area contributed by atoms with Gasteiger partial charge in [0, 0.05) is 42.4 Å². The van der Waals surface area contributed by atoms with E-state index in [9.17, 15) is 13.4 Å². The lowest BCUT2D eigenvalue weighted by Gasteiger charge is -2.26. The molecule has 18 heavy (non-hydrogen) atoms. The minimum Gasteiger partial charge on any atom is -0.372 e. The Balaban J connectivity index is 2.22. The van der Waals surface area contributed by atoms with Crippen molar-refractivity contribution in [2.24, 2.45) is 0 Å². The molecule has 2 heterocycles. The molecule has 0 saturated carbocycles. The average Bonchev–Trinajstić information content (AvgIpc) is 2.39. The van der Waals surface area contributed by atoms with Crippen molar-refractivity contribution in [2.75, 3.05) is 37.0 Å². The van der Waals surface area contributed by atoms with E-state index in [1.807, 2.05) is 0 Å². The van der Waals surface area contributed by atoms with Crippen LogP contribution in [0.3, 0.4) is 0 Å². The molecule has 0 unspecified atom stereocenters. The molecule has 1 aliphatic heterocycles. The third kappa shape index (κ3) is 2.66. The maximum atomic E-state index is 13.2. The van der Waals surface area contributed by atoms with Gasteiger partial charge in [-0.1, -0.05) is 0 Å². The lowest BCUT2D eigenvalue weighted by Crippen LogP contribution is -2.42. The Labute approximate surface area is 107 Å². The molecule has 1 N–H and O–H groups in total. The molecule has 7 heteroatoms. The largest absolute Gasteiger partial charge is 0.372 e. The fraction of sp³-hybridized carbons (Fsp3) is 0.455. The zero-order chi connectivity index (χ0) is 13.1. The number of halogens is 1. The van der Waals surface area contributed by atoms with Gasteiger partial charge in [-0.3, -0.25) is 9.00 Å². The number of carbonyl (C=O) groups is 1. The van der Waals surface area contributed by atoms with Crippen LogP contribution in [0, 0.1) is 5.82 Å². The van der Waals surface area contributed by atoms with Gasteiger partial charge in [-0.15, -0.1) is 0 Å². The fourth-order valence-electron chi connectivity index (χ4n) is 1.81. The van der Waals surface area contributed by atoms with Gasteiger partial charge in [0.25, 0.3) is 5.91 Å². The van der Waals surface area contributed by atoms with E-state index in [0.29, 0.717) is 30.4 Å². The van der Waals surface area contributed by atoms with E-state index in [1.165, 1.54) is 6.07 Å². The molecule has 1 fully saturated rings. The first-order chi connectivity index (χ1) is 8.61. The first-order valence-corrected chi connectivity index (χ1v) is 7.08. The number of anilines is 1. The van der Waals surface area contributed by atoms with Crippen molar-refractivity contribution < 1.29 is 13.4 Å². The van der Waals surface area contributed by atoms with Crippen LogP contribution in [0.5, 0.6) is 0 Å². The van der Waals surface area contributed by atoms with Crippen LogP contribution in [0.25, 0.3) is 0 Å². The summed E-state index contributed by atoms with van der Waals surface area (Å²) in [6.07, 6.45) is 1.06. The second-order valence-corrected chi connectivity index (χ2v) is 5.64. The van der Waals surface area contributed by atoms with Crippen LogP contribution in [0.15, 0.2) is 12.3 Å². The molecule has 1 aromatic heterocycles. The highest BCUT2D eigenvalue weighted by molar-refractivity contribution is 7.85. The lowest BCUT2D eigenvalue weighted by molar-refractivity contribution is 0.0771. The van der Waals surface area contributed by atoms with Crippen LogP contribution in [0.2, 0.25) is 0 Å². The summed E-state index contributed by atoms with van der Waals surface area (Å²) in [4.78, 5) is 17.6. The van der Waals surface area contributed by atoms with Crippen LogP contribution in [0.4, 0.5) is 10.2 Å². The Morgan fingerprint density at radius 2 is 2.17 bits per heavy atom. The van der Waals surface area contributed by atoms with Gasteiger partial charge in [0.15, 0.2) is 0 Å². The van der Waals surface area contributed by atoms with Gasteiger partial charge in [0.2, 0.25) is 0 Å². The predicted molar refractivity (Wildman–Crippen MR) is 67.5 cm³/mol. The van der Waals surface area contributed by atoms with E-state index < -0.39 is 16.6 Å². The molecular formula is C11H14FN3O2S. The standard InChI is InChI=1S/C11H14FN3O2S/c1-13-10-9(6-8(12)7-14-10)11(16)15-2-4-18(17)5-3-15/h6-7H,2-5H2,1H3,(H,13,14). The van der Waals surface area contributed by atoms with Crippen molar-refractivity contribution in [3.8, 4) is 0 Å². The molecule has 0 atom stereocenters. The Bertz CT molecular complexity index is 485. The number of hydrogen-bond donors (Lipinski definition) is 1. The third-order valence-electron chi connectivity index (χ3n) is 2.79. The summed E-state index contributed by atoms with van der Waals surface area (Å²) in [7, 11) is 0.783. The maximum absolute atomic E-state index is 13.2. The third-order valence-corrected chi connectivity index (χ3v) is 4.06. The van der Waals surface area contributed by atoms with Gasteiger partial charge in [0.1, 0.15) is 11.6 Å². The monoisotopic (exact) mass is 271 g/mol. The summed E-state index contributed by atoms with van der Waals surface area (Å²) in [6.45, 7) is 0.871. The molecule has 0 aliphatic carbocycles. The molecule has 0 spiro atoms. The maximum Gasteiger partial charge on any atom is 0.257 e. The van der Waals surface area contributed by atoms with Gasteiger partial charge in [0.05, 0.1) is 11.8 Å². The molecule has 98 valence electrons. The number of aromatic nitrogens is 1. The number of pyridine rings is 1. The lowest BCUT2D eigenvalue weighted by atomic mass is 10.2. The minimum atomic E-state index is -0.845. The van der Waals surface area contributed by atoms with E-state index in [-0.39, 0.29) is 11.5 Å². The second kappa shape index (κ2) is 5.43. The smallest absolute Gasteiger partial charge is 0.257 e. The Morgan fingerprint density at radius 3 is 2.78 bits per heavy atom. The van der Waals surface area contributed by atoms with Gasteiger partial charge >= 0.3 is 0 Å². The molecular weight excluding hydrogens is 257 g/mol. The Morgan fingerprint density at radius 1 is 1.50 bits per heavy atom. The molecule has 2 rings (SSSR count). The molecule has 0 bridgehead atoms. The topological polar surface area (TPSA) is 62.3 Å². The molecule has 1 saturated heterocycles. The zero-order valence-corrected chi connectivity index (χ0v) is 10.8. The van der Waals surface area contributed by atoms with Crippen LogP contribution in [0.1, 0.15) is 10.4 Å². The number of carbonyl (C=O) groups excluding carboxylic acids is 1. The van der Waals surface area contributed by atoms with Crippen molar-refractivity contribution in [3.05, 3.63) is 23.6 Å². The SMILES string of the molecule is CNc1ncc(F)cc1C(=O)N1CCS(=O)CC1. The first kappa shape index (κ1) is 12.9. The van der Waals surface area contributed by atoms with Gasteiger partial charge < -0.3 is 10.2 Å². The van der Waals surface area contributed by atoms with Crippen LogP contribution in [-0.2, 0) is 10.8 Å². The zero-order valence-electron chi connectivity index (χ0n) is 9.98. The molecule has 0 radical (unpaired) electrons. The number of amides is 1. The van der Waals surface area contributed by atoms with Crippen LogP contribution in [-0.4, -0.2) is 51.6 Å². The number of hydrogen-bond acceptors (Lipinski definition) is 4. The van der Waals surface area contributed by atoms with Crippen molar-refractivity contribution in [1.29, 1.82) is 0 Å². The second-order valence-electron chi connectivity index (χ2n) is 3.94. The number of nitrogens with zero attached hydrogens (tertiary/aromatic N) is 2. The summed E-state index contributed by atoms with van der Waals surface area (Å²) >= 11 is 0. The highest BCUT2D eigenvalue weighted by Gasteiger charge is 2.23. The van der Waals surface area contributed by atoms with Gasteiger partial charge in [-0.05, 0) is 6.07 Å². The molecule has 5 nitrogen and oxygen atoms in total. The van der Waals surface area contributed by atoms with E-state index in [2.05, 4.69) is 10.3 Å². The minimum absolute atomic E-state index is 0.213. The van der Waals surface area contributed by atoms with Crippen molar-refractivity contribution >= 4 is 22.5 Å². The van der Waals surface area contributed by atoms with Gasteiger partial charge in [-0.25, -0.2) is 9.37 Å². The van der Waals surface area contributed by atoms with E-state index in [1.54, 1.807) is 11.9 Å².